The lowest BCUT2D eigenvalue weighted by molar-refractivity contribution is -0.150. The third-order valence-electron chi connectivity index (χ3n) is 2.74. The summed E-state index contributed by atoms with van der Waals surface area (Å²) in [7, 11) is 0. The van der Waals surface area contributed by atoms with Gasteiger partial charge in [-0.05, 0) is 20.3 Å². The van der Waals surface area contributed by atoms with Crippen molar-refractivity contribution in [2.75, 3.05) is 32.8 Å². The minimum Gasteiger partial charge on any atom is -0.465 e. The summed E-state index contributed by atoms with van der Waals surface area (Å²) in [6.07, 6.45) is 0.940. The van der Waals surface area contributed by atoms with E-state index in [9.17, 15) is 4.79 Å². The van der Waals surface area contributed by atoms with Gasteiger partial charge in [-0.3, -0.25) is 9.69 Å². The van der Waals surface area contributed by atoms with Crippen molar-refractivity contribution in [1.29, 1.82) is 0 Å². The summed E-state index contributed by atoms with van der Waals surface area (Å²) >= 11 is 0. The first-order chi connectivity index (χ1) is 7.65. The molecule has 0 aromatic carbocycles. The molecule has 1 heterocycles. The smallest absolute Gasteiger partial charge is 0.324 e. The average molecular weight is 226 g/mol. The maximum Gasteiger partial charge on any atom is 0.324 e. The van der Waals surface area contributed by atoms with Crippen LogP contribution >= 0.6 is 0 Å². The number of rotatable bonds is 5. The summed E-state index contributed by atoms with van der Waals surface area (Å²) in [6.45, 7) is 11.6. The van der Waals surface area contributed by atoms with Crippen LogP contribution < -0.4 is 5.32 Å². The molecule has 4 nitrogen and oxygen atoms in total. The summed E-state index contributed by atoms with van der Waals surface area (Å²) in [5.41, 5.74) is 1.15. The molecular weight excluding hydrogens is 204 g/mol. The van der Waals surface area contributed by atoms with Gasteiger partial charge in [-0.1, -0.05) is 5.57 Å². The van der Waals surface area contributed by atoms with Crippen LogP contribution in [0, 0.1) is 0 Å². The van der Waals surface area contributed by atoms with E-state index in [4.69, 9.17) is 4.74 Å². The largest absolute Gasteiger partial charge is 0.465 e. The highest BCUT2D eigenvalue weighted by Gasteiger charge is 2.29. The highest BCUT2D eigenvalue weighted by molar-refractivity contribution is 5.76. The molecule has 1 unspecified atom stereocenters. The van der Waals surface area contributed by atoms with Gasteiger partial charge in [0.2, 0.25) is 0 Å². The zero-order valence-corrected chi connectivity index (χ0v) is 10.3. The predicted molar refractivity (Wildman–Crippen MR) is 64.3 cm³/mol. The Balaban J connectivity index is 2.49. The second kappa shape index (κ2) is 6.66. The molecule has 1 atom stereocenters. The van der Waals surface area contributed by atoms with E-state index in [1.165, 1.54) is 0 Å². The van der Waals surface area contributed by atoms with E-state index in [-0.39, 0.29) is 12.0 Å². The topological polar surface area (TPSA) is 41.6 Å². The fourth-order valence-corrected chi connectivity index (χ4v) is 1.82. The summed E-state index contributed by atoms with van der Waals surface area (Å²) in [5.74, 6) is -0.114. The van der Waals surface area contributed by atoms with E-state index in [2.05, 4.69) is 16.8 Å². The van der Waals surface area contributed by atoms with Gasteiger partial charge in [0, 0.05) is 26.2 Å². The third-order valence-corrected chi connectivity index (χ3v) is 2.74. The van der Waals surface area contributed by atoms with Crippen LogP contribution in [0.5, 0.6) is 0 Å². The second-order valence-electron chi connectivity index (χ2n) is 4.22. The van der Waals surface area contributed by atoms with Crippen LogP contribution in [0.1, 0.15) is 20.3 Å². The van der Waals surface area contributed by atoms with Crippen LogP contribution in [0.3, 0.4) is 0 Å². The number of esters is 1. The number of ether oxygens (including phenoxy) is 1. The number of hydrogen-bond acceptors (Lipinski definition) is 4. The van der Waals surface area contributed by atoms with Crippen molar-refractivity contribution in [1.82, 2.24) is 10.2 Å². The van der Waals surface area contributed by atoms with Gasteiger partial charge >= 0.3 is 5.97 Å². The minimum atomic E-state index is -0.131. The van der Waals surface area contributed by atoms with Crippen molar-refractivity contribution in [3.63, 3.8) is 0 Å². The first-order valence-electron chi connectivity index (χ1n) is 5.91. The Labute approximate surface area is 97.6 Å². The van der Waals surface area contributed by atoms with Crippen LogP contribution in [0.15, 0.2) is 12.2 Å². The van der Waals surface area contributed by atoms with Crippen LogP contribution in [0.25, 0.3) is 0 Å². The molecule has 1 saturated heterocycles. The Morgan fingerprint density at radius 3 is 3.00 bits per heavy atom. The second-order valence-corrected chi connectivity index (χ2v) is 4.22. The molecule has 4 heteroatoms. The molecule has 0 aromatic heterocycles. The SMILES string of the molecule is C=C(C)CCN1CCNCC1C(=O)OCC. The molecule has 0 saturated carbocycles. The van der Waals surface area contributed by atoms with Crippen LogP contribution in [0.2, 0.25) is 0 Å². The van der Waals surface area contributed by atoms with Crippen molar-refractivity contribution >= 4 is 5.97 Å². The molecule has 0 amide bonds. The standard InChI is InChI=1S/C12H22N2O2/c1-4-16-12(15)11-9-13-6-8-14(11)7-5-10(2)3/h11,13H,2,4-9H2,1,3H3. The summed E-state index contributed by atoms with van der Waals surface area (Å²) in [5, 5.41) is 3.23. The van der Waals surface area contributed by atoms with Gasteiger partial charge in [0.1, 0.15) is 6.04 Å². The molecule has 0 bridgehead atoms. The molecular formula is C12H22N2O2. The molecule has 1 N–H and O–H groups in total. The maximum atomic E-state index is 11.7. The molecule has 1 fully saturated rings. The maximum absolute atomic E-state index is 11.7. The molecule has 92 valence electrons. The van der Waals surface area contributed by atoms with E-state index in [1.54, 1.807) is 0 Å². The molecule has 1 aliphatic rings. The first-order valence-corrected chi connectivity index (χ1v) is 5.91. The molecule has 0 aliphatic carbocycles. The third kappa shape index (κ3) is 3.94. The molecule has 0 spiro atoms. The van der Waals surface area contributed by atoms with E-state index < -0.39 is 0 Å². The van der Waals surface area contributed by atoms with Crippen LogP contribution in [-0.2, 0) is 9.53 Å². The van der Waals surface area contributed by atoms with E-state index in [1.807, 2.05) is 13.8 Å². The van der Waals surface area contributed by atoms with Crippen molar-refractivity contribution < 1.29 is 9.53 Å². The normalized spacial score (nSPS) is 21.8. The van der Waals surface area contributed by atoms with Gasteiger partial charge in [-0.15, -0.1) is 6.58 Å². The summed E-state index contributed by atoms with van der Waals surface area (Å²) < 4.78 is 5.08. The highest BCUT2D eigenvalue weighted by Crippen LogP contribution is 2.08. The van der Waals surface area contributed by atoms with Crippen molar-refractivity contribution in [2.45, 2.75) is 26.3 Å². The summed E-state index contributed by atoms with van der Waals surface area (Å²) in [6, 6.07) is -0.131. The van der Waals surface area contributed by atoms with Crippen molar-refractivity contribution in [2.24, 2.45) is 0 Å². The minimum absolute atomic E-state index is 0.114. The lowest BCUT2D eigenvalue weighted by Gasteiger charge is -2.34. The fourth-order valence-electron chi connectivity index (χ4n) is 1.82. The van der Waals surface area contributed by atoms with Gasteiger partial charge in [-0.2, -0.15) is 0 Å². The lowest BCUT2D eigenvalue weighted by atomic mass is 10.1. The number of carbonyl (C=O) groups excluding carboxylic acids is 1. The Bertz CT molecular complexity index is 253. The number of nitrogens with one attached hydrogen (secondary N) is 1. The first kappa shape index (κ1) is 13.2. The van der Waals surface area contributed by atoms with Crippen LogP contribution in [-0.4, -0.2) is 49.7 Å². The Hall–Kier alpha value is -0.870. The number of piperazine rings is 1. The zero-order chi connectivity index (χ0) is 12.0. The van der Waals surface area contributed by atoms with Crippen LogP contribution in [0.4, 0.5) is 0 Å². The van der Waals surface area contributed by atoms with Gasteiger partial charge in [0.25, 0.3) is 0 Å². The van der Waals surface area contributed by atoms with Crippen molar-refractivity contribution in [3.05, 3.63) is 12.2 Å². The van der Waals surface area contributed by atoms with E-state index >= 15 is 0 Å². The van der Waals surface area contributed by atoms with Gasteiger partial charge in [0.05, 0.1) is 6.61 Å². The average Bonchev–Trinajstić information content (AvgIpc) is 2.27. The van der Waals surface area contributed by atoms with Gasteiger partial charge in [0.15, 0.2) is 0 Å². The Kier molecular flexibility index (Phi) is 5.49. The molecule has 1 aliphatic heterocycles. The molecule has 0 radical (unpaired) electrons. The molecule has 1 rings (SSSR count). The monoisotopic (exact) mass is 226 g/mol. The highest BCUT2D eigenvalue weighted by atomic mass is 16.5. The zero-order valence-electron chi connectivity index (χ0n) is 10.3. The lowest BCUT2D eigenvalue weighted by Crippen LogP contribution is -2.55. The van der Waals surface area contributed by atoms with E-state index in [0.717, 1.165) is 31.6 Å². The Morgan fingerprint density at radius 1 is 1.62 bits per heavy atom. The van der Waals surface area contributed by atoms with E-state index in [0.29, 0.717) is 13.2 Å². The van der Waals surface area contributed by atoms with Crippen molar-refractivity contribution in [3.8, 4) is 0 Å². The molecule has 16 heavy (non-hydrogen) atoms. The van der Waals surface area contributed by atoms with Gasteiger partial charge in [-0.25, -0.2) is 0 Å². The summed E-state index contributed by atoms with van der Waals surface area (Å²) in [4.78, 5) is 13.9. The number of hydrogen-bond donors (Lipinski definition) is 1. The Morgan fingerprint density at radius 2 is 2.38 bits per heavy atom. The molecule has 0 aromatic rings. The number of nitrogens with zero attached hydrogens (tertiary/aromatic N) is 1. The predicted octanol–water partition coefficient (Wildman–Crippen LogP) is 0.789. The van der Waals surface area contributed by atoms with Gasteiger partial charge < -0.3 is 10.1 Å². The number of carbonyl (C=O) groups is 1. The fraction of sp³-hybridized carbons (Fsp3) is 0.750. The quantitative estimate of drug-likeness (QED) is 0.556.